The standard InChI is InChI=1S/C28H24O3/c29-21-20-22-12-10-11-19-26(22)31-27(30)28(23-13-4-1-5-14-23,24-15-6-2-7-16-24)25-17-8-3-9-18-25/h1-19,29H,20-21H2. The number of rotatable bonds is 7. The Kier molecular flexibility index (Phi) is 6.25. The first kappa shape index (κ1) is 20.6. The van der Waals surface area contributed by atoms with Crippen LogP contribution in [0.15, 0.2) is 115 Å². The van der Waals surface area contributed by atoms with E-state index in [0.717, 1.165) is 22.3 Å². The van der Waals surface area contributed by atoms with E-state index in [9.17, 15) is 9.90 Å². The molecule has 0 fully saturated rings. The van der Waals surface area contributed by atoms with Gasteiger partial charge < -0.3 is 9.84 Å². The van der Waals surface area contributed by atoms with Gasteiger partial charge in [0.1, 0.15) is 11.2 Å². The Balaban J connectivity index is 1.93. The van der Waals surface area contributed by atoms with Gasteiger partial charge in [0.25, 0.3) is 0 Å². The van der Waals surface area contributed by atoms with E-state index in [0.29, 0.717) is 12.2 Å². The molecule has 0 aliphatic rings. The summed E-state index contributed by atoms with van der Waals surface area (Å²) in [4.78, 5) is 14.1. The fourth-order valence-electron chi connectivity index (χ4n) is 4.02. The third kappa shape index (κ3) is 4.00. The van der Waals surface area contributed by atoms with Crippen molar-refractivity contribution in [1.29, 1.82) is 0 Å². The SMILES string of the molecule is O=C(Oc1ccccc1CCO)C(c1ccccc1)(c1ccccc1)c1ccccc1. The van der Waals surface area contributed by atoms with Crippen molar-refractivity contribution in [3.63, 3.8) is 0 Å². The van der Waals surface area contributed by atoms with Crippen LogP contribution in [0, 0.1) is 0 Å². The zero-order chi connectivity index (χ0) is 21.5. The molecule has 4 rings (SSSR count). The molecule has 0 saturated heterocycles. The number of hydrogen-bond acceptors (Lipinski definition) is 3. The number of esters is 1. The van der Waals surface area contributed by atoms with Gasteiger partial charge in [-0.05, 0) is 34.7 Å². The van der Waals surface area contributed by atoms with Crippen LogP contribution >= 0.6 is 0 Å². The Morgan fingerprint density at radius 1 is 0.645 bits per heavy atom. The molecule has 0 spiro atoms. The molecule has 0 aliphatic carbocycles. The van der Waals surface area contributed by atoms with E-state index < -0.39 is 5.41 Å². The molecule has 31 heavy (non-hydrogen) atoms. The van der Waals surface area contributed by atoms with E-state index in [1.807, 2.05) is 109 Å². The van der Waals surface area contributed by atoms with Crippen molar-refractivity contribution in [1.82, 2.24) is 0 Å². The van der Waals surface area contributed by atoms with Gasteiger partial charge in [0.15, 0.2) is 0 Å². The third-order valence-corrected chi connectivity index (χ3v) is 5.48. The lowest BCUT2D eigenvalue weighted by molar-refractivity contribution is -0.138. The molecular weight excluding hydrogens is 384 g/mol. The summed E-state index contributed by atoms with van der Waals surface area (Å²) in [5, 5.41) is 9.43. The van der Waals surface area contributed by atoms with E-state index in [1.54, 1.807) is 6.07 Å². The second-order valence-electron chi connectivity index (χ2n) is 7.32. The molecule has 0 bridgehead atoms. The molecule has 3 heteroatoms. The third-order valence-electron chi connectivity index (χ3n) is 5.48. The molecule has 0 amide bonds. The lowest BCUT2D eigenvalue weighted by Crippen LogP contribution is -2.41. The van der Waals surface area contributed by atoms with Crippen LogP contribution in [0.2, 0.25) is 0 Å². The normalized spacial score (nSPS) is 11.1. The number of carbonyl (C=O) groups excluding carboxylic acids is 1. The van der Waals surface area contributed by atoms with Gasteiger partial charge >= 0.3 is 5.97 Å². The number of para-hydroxylation sites is 1. The molecule has 0 heterocycles. The van der Waals surface area contributed by atoms with Crippen molar-refractivity contribution in [2.45, 2.75) is 11.8 Å². The number of aliphatic hydroxyl groups is 1. The van der Waals surface area contributed by atoms with Gasteiger partial charge in [0, 0.05) is 6.61 Å². The summed E-state index contributed by atoms with van der Waals surface area (Å²) in [6.45, 7) is -0.0181. The van der Waals surface area contributed by atoms with E-state index in [1.165, 1.54) is 0 Å². The Labute approximate surface area is 182 Å². The van der Waals surface area contributed by atoms with Gasteiger partial charge in [-0.2, -0.15) is 0 Å². The second kappa shape index (κ2) is 9.41. The molecule has 4 aromatic rings. The average Bonchev–Trinajstić information content (AvgIpc) is 2.83. The van der Waals surface area contributed by atoms with Crippen molar-refractivity contribution < 1.29 is 14.6 Å². The van der Waals surface area contributed by atoms with Gasteiger partial charge in [-0.15, -0.1) is 0 Å². The van der Waals surface area contributed by atoms with Crippen LogP contribution in [0.1, 0.15) is 22.3 Å². The summed E-state index contributed by atoms with van der Waals surface area (Å²) < 4.78 is 6.08. The highest BCUT2D eigenvalue weighted by Crippen LogP contribution is 2.41. The van der Waals surface area contributed by atoms with Gasteiger partial charge in [-0.1, -0.05) is 109 Å². The molecule has 0 atom stereocenters. The molecular formula is C28H24O3. The largest absolute Gasteiger partial charge is 0.425 e. The molecule has 0 aliphatic heterocycles. The van der Waals surface area contributed by atoms with Crippen LogP contribution in [-0.2, 0) is 16.6 Å². The van der Waals surface area contributed by atoms with E-state index >= 15 is 0 Å². The number of carbonyl (C=O) groups is 1. The van der Waals surface area contributed by atoms with Crippen molar-refractivity contribution >= 4 is 5.97 Å². The first-order valence-electron chi connectivity index (χ1n) is 10.3. The van der Waals surface area contributed by atoms with E-state index in [2.05, 4.69) is 0 Å². The van der Waals surface area contributed by atoms with Crippen LogP contribution in [0.4, 0.5) is 0 Å². The number of aliphatic hydroxyl groups excluding tert-OH is 1. The van der Waals surface area contributed by atoms with E-state index in [4.69, 9.17) is 4.74 Å². The molecule has 3 nitrogen and oxygen atoms in total. The molecule has 0 saturated carbocycles. The highest BCUT2D eigenvalue weighted by Gasteiger charge is 2.45. The van der Waals surface area contributed by atoms with Crippen LogP contribution in [0.25, 0.3) is 0 Å². The van der Waals surface area contributed by atoms with Crippen LogP contribution < -0.4 is 4.74 Å². The maximum absolute atomic E-state index is 14.1. The van der Waals surface area contributed by atoms with Gasteiger partial charge in [-0.25, -0.2) is 4.79 Å². The molecule has 0 radical (unpaired) electrons. The number of ether oxygens (including phenoxy) is 1. The zero-order valence-electron chi connectivity index (χ0n) is 17.1. The van der Waals surface area contributed by atoms with Crippen LogP contribution in [-0.4, -0.2) is 17.7 Å². The van der Waals surface area contributed by atoms with Gasteiger partial charge in [0.05, 0.1) is 0 Å². The molecule has 0 aromatic heterocycles. The van der Waals surface area contributed by atoms with Crippen molar-refractivity contribution in [3.8, 4) is 5.75 Å². The monoisotopic (exact) mass is 408 g/mol. The summed E-state index contributed by atoms with van der Waals surface area (Å²) in [6, 6.07) is 36.5. The van der Waals surface area contributed by atoms with Gasteiger partial charge in [0.2, 0.25) is 0 Å². The number of hydrogen-bond donors (Lipinski definition) is 1. The summed E-state index contributed by atoms with van der Waals surface area (Å²) in [6.07, 6.45) is 0.415. The molecule has 1 N–H and O–H groups in total. The smallest absolute Gasteiger partial charge is 0.331 e. The Morgan fingerprint density at radius 2 is 1.06 bits per heavy atom. The summed E-state index contributed by atoms with van der Waals surface area (Å²) in [5.41, 5.74) is 2.14. The minimum absolute atomic E-state index is 0.0181. The van der Waals surface area contributed by atoms with E-state index in [-0.39, 0.29) is 12.6 Å². The lowest BCUT2D eigenvalue weighted by atomic mass is 9.69. The topological polar surface area (TPSA) is 46.5 Å². The number of benzene rings is 4. The minimum Gasteiger partial charge on any atom is -0.425 e. The maximum Gasteiger partial charge on any atom is 0.331 e. The van der Waals surface area contributed by atoms with Crippen molar-refractivity contribution in [2.75, 3.05) is 6.61 Å². The lowest BCUT2D eigenvalue weighted by Gasteiger charge is -2.33. The Hall–Kier alpha value is -3.69. The Morgan fingerprint density at radius 3 is 1.52 bits per heavy atom. The fourth-order valence-corrected chi connectivity index (χ4v) is 4.02. The predicted molar refractivity (Wildman–Crippen MR) is 122 cm³/mol. The molecule has 0 unspecified atom stereocenters. The second-order valence-corrected chi connectivity index (χ2v) is 7.32. The average molecular weight is 408 g/mol. The summed E-state index contributed by atoms with van der Waals surface area (Å²) in [5.74, 6) is 0.0789. The first-order valence-corrected chi connectivity index (χ1v) is 10.3. The minimum atomic E-state index is -1.14. The van der Waals surface area contributed by atoms with Crippen molar-refractivity contribution in [2.24, 2.45) is 0 Å². The highest BCUT2D eigenvalue weighted by molar-refractivity contribution is 5.93. The summed E-state index contributed by atoms with van der Waals surface area (Å²) >= 11 is 0. The predicted octanol–water partition coefficient (Wildman–Crippen LogP) is 5.16. The van der Waals surface area contributed by atoms with Gasteiger partial charge in [-0.3, -0.25) is 0 Å². The molecule has 154 valence electrons. The highest BCUT2D eigenvalue weighted by atomic mass is 16.5. The van der Waals surface area contributed by atoms with Crippen LogP contribution in [0.3, 0.4) is 0 Å². The Bertz CT molecular complexity index is 1030. The van der Waals surface area contributed by atoms with Crippen molar-refractivity contribution in [3.05, 3.63) is 138 Å². The van der Waals surface area contributed by atoms with Crippen LogP contribution in [0.5, 0.6) is 5.75 Å². The first-order chi connectivity index (χ1) is 15.3. The quantitative estimate of drug-likeness (QED) is 0.261. The maximum atomic E-state index is 14.1. The zero-order valence-corrected chi connectivity index (χ0v) is 17.1. The molecule has 4 aromatic carbocycles. The fraction of sp³-hybridized carbons (Fsp3) is 0.107. The summed E-state index contributed by atoms with van der Waals surface area (Å²) in [7, 11) is 0.